The lowest BCUT2D eigenvalue weighted by atomic mass is 10.1. The Morgan fingerprint density at radius 2 is 1.89 bits per heavy atom. The summed E-state index contributed by atoms with van der Waals surface area (Å²) < 4.78 is 5.23. The third kappa shape index (κ3) is 4.67. The van der Waals surface area contributed by atoms with E-state index >= 15 is 0 Å². The summed E-state index contributed by atoms with van der Waals surface area (Å²) in [6, 6.07) is 0. The van der Waals surface area contributed by atoms with Gasteiger partial charge in [0.2, 0.25) is 0 Å². The predicted octanol–water partition coefficient (Wildman–Crippen LogP) is 2.70. The van der Waals surface area contributed by atoms with Gasteiger partial charge in [0.15, 0.2) is 0 Å². The summed E-state index contributed by atoms with van der Waals surface area (Å²) in [7, 11) is 1.71. The van der Waals surface area contributed by atoms with Gasteiger partial charge in [-0.05, 0) is 26.7 Å². The highest BCUT2D eigenvalue weighted by molar-refractivity contribution is 5.58. The Labute approximate surface area is 116 Å². The summed E-state index contributed by atoms with van der Waals surface area (Å²) >= 11 is 0. The van der Waals surface area contributed by atoms with Crippen LogP contribution >= 0.6 is 0 Å². The zero-order valence-corrected chi connectivity index (χ0v) is 12.7. The molecule has 0 aliphatic carbocycles. The lowest BCUT2D eigenvalue weighted by Crippen LogP contribution is -2.36. The highest BCUT2D eigenvalue weighted by atomic mass is 16.5. The lowest BCUT2D eigenvalue weighted by molar-refractivity contribution is 0.158. The molecule has 5 heteroatoms. The van der Waals surface area contributed by atoms with Gasteiger partial charge in [0, 0.05) is 19.2 Å². The van der Waals surface area contributed by atoms with Crippen LogP contribution in [0.15, 0.2) is 6.33 Å². The molecule has 2 N–H and O–H groups in total. The van der Waals surface area contributed by atoms with Crippen LogP contribution < -0.4 is 10.6 Å². The molecule has 0 saturated carbocycles. The number of nitrogens with zero attached hydrogens (tertiary/aromatic N) is 2. The normalized spacial score (nSPS) is 11.4. The molecule has 0 aromatic carbocycles. The number of nitrogens with one attached hydrogen (secondary N) is 2. The average Bonchev–Trinajstić information content (AvgIpc) is 2.35. The highest BCUT2D eigenvalue weighted by Crippen LogP contribution is 2.23. The van der Waals surface area contributed by atoms with Crippen LogP contribution in [0.25, 0.3) is 0 Å². The van der Waals surface area contributed by atoms with Crippen molar-refractivity contribution in [2.75, 3.05) is 30.9 Å². The van der Waals surface area contributed by atoms with Gasteiger partial charge in [-0.2, -0.15) is 0 Å². The maximum absolute atomic E-state index is 5.23. The minimum Gasteiger partial charge on any atom is -0.382 e. The van der Waals surface area contributed by atoms with E-state index in [4.69, 9.17) is 4.74 Å². The third-order valence-electron chi connectivity index (χ3n) is 2.80. The van der Waals surface area contributed by atoms with Crippen LogP contribution in [0.2, 0.25) is 0 Å². The van der Waals surface area contributed by atoms with Crippen molar-refractivity contribution < 1.29 is 4.74 Å². The zero-order valence-electron chi connectivity index (χ0n) is 12.7. The van der Waals surface area contributed by atoms with E-state index < -0.39 is 0 Å². The number of hydrogen-bond donors (Lipinski definition) is 2. The molecule has 0 bridgehead atoms. The van der Waals surface area contributed by atoms with Crippen LogP contribution in [0.3, 0.4) is 0 Å². The zero-order chi connectivity index (χ0) is 14.3. The fourth-order valence-electron chi connectivity index (χ4n) is 1.97. The standard InChI is InChI=1S/C14H26N4O/c1-6-8-15-12-11(7-2)13(17-10-16-12)18-14(3,4)9-19-5/h10H,6-9H2,1-5H3,(H2,15,16,17,18). The number of anilines is 2. The number of aromatic nitrogens is 2. The van der Waals surface area contributed by atoms with Crippen molar-refractivity contribution in [1.82, 2.24) is 9.97 Å². The number of methoxy groups -OCH3 is 1. The Morgan fingerprint density at radius 3 is 2.47 bits per heavy atom. The van der Waals surface area contributed by atoms with E-state index in [1.165, 1.54) is 0 Å². The SMILES string of the molecule is CCCNc1ncnc(NC(C)(C)COC)c1CC. The molecule has 1 heterocycles. The molecular formula is C14H26N4O. The van der Waals surface area contributed by atoms with Crippen molar-refractivity contribution in [3.05, 3.63) is 11.9 Å². The Kier molecular flexibility index (Phi) is 6.02. The van der Waals surface area contributed by atoms with Crippen LogP contribution in [-0.4, -0.2) is 35.8 Å². The van der Waals surface area contributed by atoms with Gasteiger partial charge in [0.05, 0.1) is 12.1 Å². The van der Waals surface area contributed by atoms with E-state index in [1.807, 2.05) is 0 Å². The molecule has 1 rings (SSSR count). The van der Waals surface area contributed by atoms with E-state index in [2.05, 4.69) is 48.3 Å². The number of rotatable bonds is 8. The summed E-state index contributed by atoms with van der Waals surface area (Å²) in [6.45, 7) is 9.99. The molecule has 0 radical (unpaired) electrons. The second-order valence-corrected chi connectivity index (χ2v) is 5.27. The second kappa shape index (κ2) is 7.28. The van der Waals surface area contributed by atoms with Gasteiger partial charge in [-0.15, -0.1) is 0 Å². The molecule has 5 nitrogen and oxygen atoms in total. The summed E-state index contributed by atoms with van der Waals surface area (Å²) in [5, 5.41) is 6.79. The van der Waals surface area contributed by atoms with Gasteiger partial charge < -0.3 is 15.4 Å². The third-order valence-corrected chi connectivity index (χ3v) is 2.80. The molecular weight excluding hydrogens is 240 g/mol. The van der Waals surface area contributed by atoms with Gasteiger partial charge in [-0.1, -0.05) is 13.8 Å². The topological polar surface area (TPSA) is 59.1 Å². The minimum atomic E-state index is -0.158. The van der Waals surface area contributed by atoms with Crippen molar-refractivity contribution in [3.8, 4) is 0 Å². The molecule has 0 fully saturated rings. The summed E-state index contributed by atoms with van der Waals surface area (Å²) in [6.07, 6.45) is 3.56. The molecule has 0 spiro atoms. The molecule has 1 aromatic heterocycles. The van der Waals surface area contributed by atoms with Crippen LogP contribution in [-0.2, 0) is 11.2 Å². The molecule has 1 aromatic rings. The minimum absolute atomic E-state index is 0.158. The van der Waals surface area contributed by atoms with Crippen molar-refractivity contribution in [2.24, 2.45) is 0 Å². The van der Waals surface area contributed by atoms with Gasteiger partial charge in [-0.3, -0.25) is 0 Å². The molecule has 108 valence electrons. The number of hydrogen-bond acceptors (Lipinski definition) is 5. The summed E-state index contributed by atoms with van der Waals surface area (Å²) in [5.41, 5.74) is 0.967. The van der Waals surface area contributed by atoms with Crippen molar-refractivity contribution >= 4 is 11.6 Å². The van der Waals surface area contributed by atoms with Crippen LogP contribution in [0, 0.1) is 0 Å². The monoisotopic (exact) mass is 266 g/mol. The van der Waals surface area contributed by atoms with Crippen molar-refractivity contribution in [3.63, 3.8) is 0 Å². The van der Waals surface area contributed by atoms with E-state index in [1.54, 1.807) is 13.4 Å². The lowest BCUT2D eigenvalue weighted by Gasteiger charge is -2.27. The molecule has 0 aliphatic rings. The molecule has 19 heavy (non-hydrogen) atoms. The Balaban J connectivity index is 2.94. The first-order valence-corrected chi connectivity index (χ1v) is 6.89. The van der Waals surface area contributed by atoms with Gasteiger partial charge in [-0.25, -0.2) is 9.97 Å². The second-order valence-electron chi connectivity index (χ2n) is 5.27. The Hall–Kier alpha value is -1.36. The first kappa shape index (κ1) is 15.7. The quantitative estimate of drug-likeness (QED) is 0.757. The predicted molar refractivity (Wildman–Crippen MR) is 79.8 cm³/mol. The fourth-order valence-corrected chi connectivity index (χ4v) is 1.97. The Morgan fingerprint density at radius 1 is 1.21 bits per heavy atom. The number of ether oxygens (including phenoxy) is 1. The Bertz CT molecular complexity index is 393. The largest absolute Gasteiger partial charge is 0.382 e. The maximum Gasteiger partial charge on any atom is 0.135 e. The summed E-state index contributed by atoms with van der Waals surface area (Å²) in [5.74, 6) is 1.81. The van der Waals surface area contributed by atoms with Crippen molar-refractivity contribution in [2.45, 2.75) is 46.1 Å². The van der Waals surface area contributed by atoms with E-state index in [-0.39, 0.29) is 5.54 Å². The molecule has 0 unspecified atom stereocenters. The van der Waals surface area contributed by atoms with Crippen LogP contribution in [0.4, 0.5) is 11.6 Å². The van der Waals surface area contributed by atoms with E-state index in [0.717, 1.165) is 36.6 Å². The molecule has 0 atom stereocenters. The molecule has 0 aliphatic heterocycles. The van der Waals surface area contributed by atoms with Gasteiger partial charge >= 0.3 is 0 Å². The molecule has 0 saturated heterocycles. The summed E-state index contributed by atoms with van der Waals surface area (Å²) in [4.78, 5) is 8.70. The van der Waals surface area contributed by atoms with Gasteiger partial charge in [0.1, 0.15) is 18.0 Å². The maximum atomic E-state index is 5.23. The first-order chi connectivity index (χ1) is 9.04. The van der Waals surface area contributed by atoms with Crippen LogP contribution in [0.5, 0.6) is 0 Å². The highest BCUT2D eigenvalue weighted by Gasteiger charge is 2.20. The van der Waals surface area contributed by atoms with Crippen LogP contribution in [0.1, 0.15) is 39.7 Å². The fraction of sp³-hybridized carbons (Fsp3) is 0.714. The van der Waals surface area contributed by atoms with Crippen molar-refractivity contribution in [1.29, 1.82) is 0 Å². The van der Waals surface area contributed by atoms with E-state index in [0.29, 0.717) is 6.61 Å². The van der Waals surface area contributed by atoms with Gasteiger partial charge in [0.25, 0.3) is 0 Å². The average molecular weight is 266 g/mol. The van der Waals surface area contributed by atoms with E-state index in [9.17, 15) is 0 Å². The smallest absolute Gasteiger partial charge is 0.135 e. The first-order valence-electron chi connectivity index (χ1n) is 6.89. The molecule has 0 amide bonds.